The van der Waals surface area contributed by atoms with Crippen LogP contribution in [0, 0.1) is 6.92 Å². The topological polar surface area (TPSA) is 37.6 Å². The lowest BCUT2D eigenvalue weighted by atomic mass is 10.2. The van der Waals surface area contributed by atoms with E-state index in [0.717, 1.165) is 37.8 Å². The lowest BCUT2D eigenvalue weighted by molar-refractivity contribution is 0.0792. The van der Waals surface area contributed by atoms with Crippen molar-refractivity contribution in [1.29, 1.82) is 0 Å². The Labute approximate surface area is 109 Å². The van der Waals surface area contributed by atoms with Crippen molar-refractivity contribution in [2.45, 2.75) is 39.0 Å². The van der Waals surface area contributed by atoms with Crippen molar-refractivity contribution < 1.29 is 9.15 Å². The number of likely N-dealkylation sites (N-methyl/N-ethyl adjacent to an activating group) is 1. The standard InChI is InChI=1S/C14H24N2O2/c1-11-12(7-14(18-11)8-15-2)9-16(3)10-13-5-4-6-17-13/h7,13,15H,4-6,8-10H2,1-3H3. The van der Waals surface area contributed by atoms with Crippen molar-refractivity contribution in [3.8, 4) is 0 Å². The Hall–Kier alpha value is -0.840. The Bertz CT molecular complexity index is 370. The van der Waals surface area contributed by atoms with E-state index in [1.165, 1.54) is 18.4 Å². The van der Waals surface area contributed by atoms with E-state index in [0.29, 0.717) is 6.10 Å². The zero-order valence-electron chi connectivity index (χ0n) is 11.7. The Kier molecular flexibility index (Phi) is 4.80. The largest absolute Gasteiger partial charge is 0.465 e. The molecule has 1 aromatic rings. The molecule has 0 spiro atoms. The molecule has 2 heterocycles. The highest BCUT2D eigenvalue weighted by Crippen LogP contribution is 2.18. The first-order chi connectivity index (χ1) is 8.69. The summed E-state index contributed by atoms with van der Waals surface area (Å²) in [6.07, 6.45) is 2.81. The van der Waals surface area contributed by atoms with Gasteiger partial charge in [-0.15, -0.1) is 0 Å². The molecule has 102 valence electrons. The number of hydrogen-bond donors (Lipinski definition) is 1. The molecule has 0 amide bonds. The summed E-state index contributed by atoms with van der Waals surface area (Å²) in [6, 6.07) is 2.15. The van der Waals surface area contributed by atoms with Crippen LogP contribution in [0.4, 0.5) is 0 Å². The zero-order valence-corrected chi connectivity index (χ0v) is 11.7. The Morgan fingerprint density at radius 1 is 1.50 bits per heavy atom. The minimum atomic E-state index is 0.416. The van der Waals surface area contributed by atoms with E-state index in [9.17, 15) is 0 Å². The molecule has 1 saturated heterocycles. The molecular weight excluding hydrogens is 228 g/mol. The maximum atomic E-state index is 5.71. The van der Waals surface area contributed by atoms with E-state index in [1.807, 2.05) is 14.0 Å². The van der Waals surface area contributed by atoms with Gasteiger partial charge in [-0.2, -0.15) is 0 Å². The fourth-order valence-electron chi connectivity index (χ4n) is 2.50. The van der Waals surface area contributed by atoms with E-state index in [2.05, 4.69) is 23.3 Å². The van der Waals surface area contributed by atoms with E-state index in [-0.39, 0.29) is 0 Å². The molecule has 1 N–H and O–H groups in total. The Balaban J connectivity index is 1.87. The van der Waals surface area contributed by atoms with Crippen LogP contribution in [0.3, 0.4) is 0 Å². The summed E-state index contributed by atoms with van der Waals surface area (Å²) >= 11 is 0. The first-order valence-electron chi connectivity index (χ1n) is 6.72. The van der Waals surface area contributed by atoms with Gasteiger partial charge in [0.25, 0.3) is 0 Å². The molecule has 1 unspecified atom stereocenters. The molecule has 1 aliphatic heterocycles. The van der Waals surface area contributed by atoms with Gasteiger partial charge in [-0.25, -0.2) is 0 Å². The first kappa shape index (κ1) is 13.6. The number of furan rings is 1. The molecule has 0 aliphatic carbocycles. The molecule has 2 rings (SSSR count). The fraction of sp³-hybridized carbons (Fsp3) is 0.714. The van der Waals surface area contributed by atoms with Crippen LogP contribution in [0.15, 0.2) is 10.5 Å². The first-order valence-corrected chi connectivity index (χ1v) is 6.72. The van der Waals surface area contributed by atoms with Crippen molar-refractivity contribution in [2.24, 2.45) is 0 Å². The van der Waals surface area contributed by atoms with Crippen molar-refractivity contribution in [1.82, 2.24) is 10.2 Å². The smallest absolute Gasteiger partial charge is 0.118 e. The molecule has 4 nitrogen and oxygen atoms in total. The van der Waals surface area contributed by atoms with Crippen LogP contribution in [0.25, 0.3) is 0 Å². The Morgan fingerprint density at radius 3 is 3.00 bits per heavy atom. The molecule has 1 aliphatic rings. The summed E-state index contributed by atoms with van der Waals surface area (Å²) in [7, 11) is 4.08. The summed E-state index contributed by atoms with van der Waals surface area (Å²) in [6.45, 7) is 5.69. The third kappa shape index (κ3) is 3.57. The van der Waals surface area contributed by atoms with E-state index >= 15 is 0 Å². The second kappa shape index (κ2) is 6.36. The van der Waals surface area contributed by atoms with E-state index in [4.69, 9.17) is 9.15 Å². The van der Waals surface area contributed by atoms with Gasteiger partial charge in [0.2, 0.25) is 0 Å². The van der Waals surface area contributed by atoms with Gasteiger partial charge in [0.05, 0.1) is 12.6 Å². The normalized spacial score (nSPS) is 19.9. The highest BCUT2D eigenvalue weighted by atomic mass is 16.5. The van der Waals surface area contributed by atoms with Crippen LogP contribution in [-0.2, 0) is 17.8 Å². The highest BCUT2D eigenvalue weighted by molar-refractivity contribution is 5.20. The van der Waals surface area contributed by atoms with E-state index < -0.39 is 0 Å². The third-order valence-corrected chi connectivity index (χ3v) is 3.40. The quantitative estimate of drug-likeness (QED) is 0.839. The maximum Gasteiger partial charge on any atom is 0.118 e. The molecule has 4 heteroatoms. The minimum absolute atomic E-state index is 0.416. The van der Waals surface area contributed by atoms with Gasteiger partial charge in [-0.1, -0.05) is 0 Å². The molecule has 1 atom stereocenters. The van der Waals surface area contributed by atoms with Crippen LogP contribution < -0.4 is 5.32 Å². The minimum Gasteiger partial charge on any atom is -0.465 e. The number of rotatable bonds is 6. The zero-order chi connectivity index (χ0) is 13.0. The van der Waals surface area contributed by atoms with Crippen molar-refractivity contribution in [2.75, 3.05) is 27.2 Å². The predicted molar refractivity (Wildman–Crippen MR) is 71.5 cm³/mol. The van der Waals surface area contributed by atoms with Crippen molar-refractivity contribution >= 4 is 0 Å². The number of hydrogen-bond acceptors (Lipinski definition) is 4. The van der Waals surface area contributed by atoms with Crippen LogP contribution in [0.5, 0.6) is 0 Å². The molecule has 0 radical (unpaired) electrons. The van der Waals surface area contributed by atoms with Crippen LogP contribution in [-0.4, -0.2) is 38.3 Å². The van der Waals surface area contributed by atoms with Gasteiger partial charge < -0.3 is 14.5 Å². The molecule has 0 saturated carbocycles. The van der Waals surface area contributed by atoms with Gasteiger partial charge in [0.15, 0.2) is 0 Å². The number of ether oxygens (including phenoxy) is 1. The molecule has 18 heavy (non-hydrogen) atoms. The van der Waals surface area contributed by atoms with E-state index in [1.54, 1.807) is 0 Å². The highest BCUT2D eigenvalue weighted by Gasteiger charge is 2.18. The van der Waals surface area contributed by atoms with Crippen molar-refractivity contribution in [3.05, 3.63) is 23.2 Å². The second-order valence-corrected chi connectivity index (χ2v) is 5.16. The average Bonchev–Trinajstić information content (AvgIpc) is 2.91. The Morgan fingerprint density at radius 2 is 2.33 bits per heavy atom. The summed E-state index contributed by atoms with van der Waals surface area (Å²) < 4.78 is 11.4. The molecular formula is C14H24N2O2. The monoisotopic (exact) mass is 252 g/mol. The molecule has 1 aromatic heterocycles. The molecule has 0 aromatic carbocycles. The van der Waals surface area contributed by atoms with Crippen LogP contribution in [0.1, 0.15) is 29.9 Å². The molecule has 1 fully saturated rings. The third-order valence-electron chi connectivity index (χ3n) is 3.40. The van der Waals surface area contributed by atoms with Gasteiger partial charge in [-0.3, -0.25) is 4.90 Å². The lowest BCUT2D eigenvalue weighted by Gasteiger charge is -2.19. The maximum absolute atomic E-state index is 5.71. The van der Waals surface area contributed by atoms with Crippen molar-refractivity contribution in [3.63, 3.8) is 0 Å². The number of aryl methyl sites for hydroxylation is 1. The van der Waals surface area contributed by atoms with Crippen LogP contribution in [0.2, 0.25) is 0 Å². The van der Waals surface area contributed by atoms with Gasteiger partial charge in [-0.05, 0) is 39.9 Å². The molecule has 0 bridgehead atoms. The van der Waals surface area contributed by atoms with Crippen LogP contribution >= 0.6 is 0 Å². The van der Waals surface area contributed by atoms with Gasteiger partial charge >= 0.3 is 0 Å². The van der Waals surface area contributed by atoms with Gasteiger partial charge in [0.1, 0.15) is 11.5 Å². The fourth-order valence-corrected chi connectivity index (χ4v) is 2.50. The average molecular weight is 252 g/mol. The number of nitrogens with one attached hydrogen (secondary N) is 1. The summed E-state index contributed by atoms with van der Waals surface area (Å²) in [5, 5.41) is 3.11. The van der Waals surface area contributed by atoms with Gasteiger partial charge in [0, 0.05) is 25.3 Å². The summed E-state index contributed by atoms with van der Waals surface area (Å²) in [5.74, 6) is 2.04. The summed E-state index contributed by atoms with van der Waals surface area (Å²) in [4.78, 5) is 2.32. The predicted octanol–water partition coefficient (Wildman–Crippen LogP) is 1.92. The SMILES string of the molecule is CNCc1cc(CN(C)CC2CCCO2)c(C)o1. The second-order valence-electron chi connectivity index (χ2n) is 5.16. The summed E-state index contributed by atoms with van der Waals surface area (Å²) in [5.41, 5.74) is 1.28. The lowest BCUT2D eigenvalue weighted by Crippen LogP contribution is -2.28. The number of nitrogens with zero attached hydrogens (tertiary/aromatic N) is 1.